The van der Waals surface area contributed by atoms with Crippen LogP contribution in [0, 0.1) is 5.41 Å². The van der Waals surface area contributed by atoms with Gasteiger partial charge < -0.3 is 0 Å². The van der Waals surface area contributed by atoms with E-state index in [2.05, 4.69) is 0 Å². The van der Waals surface area contributed by atoms with Crippen molar-refractivity contribution < 1.29 is 14.8 Å². The molecule has 0 aliphatic carbocycles. The van der Waals surface area contributed by atoms with Crippen LogP contribution in [0.5, 0.6) is 0 Å². The fourth-order valence-electron chi connectivity index (χ4n) is 1.04. The van der Waals surface area contributed by atoms with Crippen molar-refractivity contribution in [3.05, 3.63) is 0 Å². The number of hydrogen-bond acceptors (Lipinski definition) is 3. The number of amides is 3. The SMILES string of the molecule is CCCC(C)(C)C(=O)NC(=O)NO. The maximum absolute atomic E-state index is 11.3. The zero-order valence-electron chi connectivity index (χ0n) is 8.18. The topological polar surface area (TPSA) is 78.4 Å². The molecule has 0 aliphatic heterocycles. The predicted octanol–water partition coefficient (Wildman–Crippen LogP) is 1.03. The Bertz CT molecular complexity index is 202. The quantitative estimate of drug-likeness (QED) is 0.457. The van der Waals surface area contributed by atoms with Crippen LogP contribution in [0.4, 0.5) is 4.79 Å². The Morgan fingerprint density at radius 3 is 2.31 bits per heavy atom. The Kier molecular flexibility index (Phi) is 4.40. The number of carbonyl (C=O) groups excluding carboxylic acids is 2. The molecule has 3 amide bonds. The Morgan fingerprint density at radius 1 is 1.38 bits per heavy atom. The molecule has 0 radical (unpaired) electrons. The Labute approximate surface area is 77.5 Å². The molecule has 0 unspecified atom stereocenters. The lowest BCUT2D eigenvalue weighted by Gasteiger charge is -2.21. The molecule has 0 aliphatic rings. The van der Waals surface area contributed by atoms with Crippen LogP contribution in [-0.4, -0.2) is 17.1 Å². The predicted molar refractivity (Wildman–Crippen MR) is 47.1 cm³/mol. The average molecular weight is 188 g/mol. The molecule has 0 atom stereocenters. The zero-order valence-corrected chi connectivity index (χ0v) is 8.18. The molecule has 3 N–H and O–H groups in total. The van der Waals surface area contributed by atoms with Crippen molar-refractivity contribution in [2.45, 2.75) is 33.6 Å². The average Bonchev–Trinajstić information content (AvgIpc) is 2.04. The maximum Gasteiger partial charge on any atom is 0.345 e. The molecule has 0 spiro atoms. The summed E-state index contributed by atoms with van der Waals surface area (Å²) < 4.78 is 0. The molecule has 0 bridgehead atoms. The molecule has 0 aromatic carbocycles. The number of hydrogen-bond donors (Lipinski definition) is 3. The Hall–Kier alpha value is -1.10. The summed E-state index contributed by atoms with van der Waals surface area (Å²) in [7, 11) is 0. The van der Waals surface area contributed by atoms with Crippen LogP contribution in [0.1, 0.15) is 33.6 Å². The molecule has 0 aromatic rings. The molecular weight excluding hydrogens is 172 g/mol. The lowest BCUT2D eigenvalue weighted by molar-refractivity contribution is -0.128. The zero-order chi connectivity index (χ0) is 10.5. The van der Waals surface area contributed by atoms with E-state index in [1.807, 2.05) is 12.2 Å². The van der Waals surface area contributed by atoms with Gasteiger partial charge >= 0.3 is 6.03 Å². The first-order chi connectivity index (χ1) is 5.94. The largest absolute Gasteiger partial charge is 0.345 e. The van der Waals surface area contributed by atoms with Crippen LogP contribution in [0.25, 0.3) is 0 Å². The second kappa shape index (κ2) is 4.81. The normalized spacial score (nSPS) is 10.8. The second-order valence-corrected chi connectivity index (χ2v) is 3.53. The van der Waals surface area contributed by atoms with Gasteiger partial charge in [-0.2, -0.15) is 0 Å². The summed E-state index contributed by atoms with van der Waals surface area (Å²) in [6.07, 6.45) is 1.55. The van der Waals surface area contributed by atoms with Crippen LogP contribution in [-0.2, 0) is 4.79 Å². The molecule has 5 heteroatoms. The molecule has 0 heterocycles. The van der Waals surface area contributed by atoms with Crippen molar-refractivity contribution in [2.75, 3.05) is 0 Å². The van der Waals surface area contributed by atoms with Gasteiger partial charge in [-0.15, -0.1) is 0 Å². The van der Waals surface area contributed by atoms with E-state index in [4.69, 9.17) is 5.21 Å². The molecule has 0 aromatic heterocycles. The van der Waals surface area contributed by atoms with E-state index < -0.39 is 11.4 Å². The van der Waals surface area contributed by atoms with Crippen LogP contribution in [0.3, 0.4) is 0 Å². The summed E-state index contributed by atoms with van der Waals surface area (Å²) in [6, 6.07) is -0.894. The van der Waals surface area contributed by atoms with E-state index in [-0.39, 0.29) is 5.91 Å². The molecule has 0 rings (SSSR count). The first kappa shape index (κ1) is 11.9. The number of rotatable bonds is 3. The van der Waals surface area contributed by atoms with Gasteiger partial charge in [-0.3, -0.25) is 15.3 Å². The minimum absolute atomic E-state index is 0.388. The van der Waals surface area contributed by atoms with Crippen molar-refractivity contribution in [1.82, 2.24) is 10.8 Å². The highest BCUT2D eigenvalue weighted by molar-refractivity contribution is 5.96. The van der Waals surface area contributed by atoms with Crippen molar-refractivity contribution in [2.24, 2.45) is 5.41 Å². The number of nitrogens with one attached hydrogen (secondary N) is 2. The fourth-order valence-corrected chi connectivity index (χ4v) is 1.04. The number of urea groups is 1. The van der Waals surface area contributed by atoms with Gasteiger partial charge in [0.05, 0.1) is 0 Å². The summed E-state index contributed by atoms with van der Waals surface area (Å²) in [5.74, 6) is -0.388. The van der Waals surface area contributed by atoms with Gasteiger partial charge in [-0.25, -0.2) is 10.3 Å². The molecular formula is C8H16N2O3. The summed E-state index contributed by atoms with van der Waals surface area (Å²) in [4.78, 5) is 21.9. The standard InChI is InChI=1S/C8H16N2O3/c1-4-5-8(2,3)6(11)9-7(12)10-13/h13H,4-5H2,1-3H3,(H2,9,10,11,12). The molecule has 0 fully saturated rings. The minimum Gasteiger partial charge on any atom is -0.287 e. The van der Waals surface area contributed by atoms with Gasteiger partial charge in [0.25, 0.3) is 0 Å². The van der Waals surface area contributed by atoms with E-state index in [1.54, 1.807) is 13.8 Å². The highest BCUT2D eigenvalue weighted by Gasteiger charge is 2.27. The monoisotopic (exact) mass is 188 g/mol. The Morgan fingerprint density at radius 2 is 1.92 bits per heavy atom. The van der Waals surface area contributed by atoms with Crippen molar-refractivity contribution in [3.8, 4) is 0 Å². The van der Waals surface area contributed by atoms with Gasteiger partial charge in [0, 0.05) is 5.41 Å². The molecule has 5 nitrogen and oxygen atoms in total. The van der Waals surface area contributed by atoms with Crippen molar-refractivity contribution in [1.29, 1.82) is 0 Å². The molecule has 76 valence electrons. The smallest absolute Gasteiger partial charge is 0.287 e. The summed E-state index contributed by atoms with van der Waals surface area (Å²) in [5, 5.41) is 10.2. The second-order valence-electron chi connectivity index (χ2n) is 3.53. The summed E-state index contributed by atoms with van der Waals surface area (Å²) in [5.41, 5.74) is 0.757. The molecule has 13 heavy (non-hydrogen) atoms. The third-order valence-corrected chi connectivity index (χ3v) is 1.82. The van der Waals surface area contributed by atoms with Crippen LogP contribution < -0.4 is 10.8 Å². The van der Waals surface area contributed by atoms with E-state index >= 15 is 0 Å². The van der Waals surface area contributed by atoms with Gasteiger partial charge in [0.15, 0.2) is 0 Å². The fraction of sp³-hybridized carbons (Fsp3) is 0.750. The van der Waals surface area contributed by atoms with Gasteiger partial charge in [-0.05, 0) is 6.42 Å². The van der Waals surface area contributed by atoms with Crippen molar-refractivity contribution >= 4 is 11.9 Å². The Balaban J connectivity index is 4.16. The summed E-state index contributed by atoms with van der Waals surface area (Å²) >= 11 is 0. The first-order valence-corrected chi connectivity index (χ1v) is 4.19. The number of carbonyl (C=O) groups is 2. The van der Waals surface area contributed by atoms with Crippen LogP contribution >= 0.6 is 0 Å². The van der Waals surface area contributed by atoms with Gasteiger partial charge in [-0.1, -0.05) is 27.2 Å². The number of hydroxylamine groups is 1. The van der Waals surface area contributed by atoms with Gasteiger partial charge in [0.2, 0.25) is 5.91 Å². The van der Waals surface area contributed by atoms with E-state index in [0.717, 1.165) is 6.42 Å². The number of imide groups is 1. The molecule has 0 saturated carbocycles. The maximum atomic E-state index is 11.3. The minimum atomic E-state index is -0.894. The molecule has 0 saturated heterocycles. The first-order valence-electron chi connectivity index (χ1n) is 4.19. The van der Waals surface area contributed by atoms with Crippen LogP contribution in [0.15, 0.2) is 0 Å². The van der Waals surface area contributed by atoms with Crippen LogP contribution in [0.2, 0.25) is 0 Å². The van der Waals surface area contributed by atoms with E-state index in [0.29, 0.717) is 6.42 Å². The third-order valence-electron chi connectivity index (χ3n) is 1.82. The highest BCUT2D eigenvalue weighted by atomic mass is 16.5. The highest BCUT2D eigenvalue weighted by Crippen LogP contribution is 2.21. The lowest BCUT2D eigenvalue weighted by atomic mass is 9.87. The lowest BCUT2D eigenvalue weighted by Crippen LogP contribution is -2.44. The third kappa shape index (κ3) is 3.89. The van der Waals surface area contributed by atoms with E-state index in [1.165, 1.54) is 5.48 Å². The summed E-state index contributed by atoms with van der Waals surface area (Å²) in [6.45, 7) is 5.45. The van der Waals surface area contributed by atoms with E-state index in [9.17, 15) is 9.59 Å². The van der Waals surface area contributed by atoms with Crippen molar-refractivity contribution in [3.63, 3.8) is 0 Å². The van der Waals surface area contributed by atoms with Gasteiger partial charge in [0.1, 0.15) is 0 Å².